The van der Waals surface area contributed by atoms with Gasteiger partial charge in [0.15, 0.2) is 11.5 Å². The normalized spacial score (nSPS) is 21.8. The van der Waals surface area contributed by atoms with E-state index in [0.29, 0.717) is 35.9 Å². The molecule has 194 valence electrons. The number of aromatic nitrogens is 2. The minimum absolute atomic E-state index is 0.0219. The minimum atomic E-state index is -0.0219. The average molecular weight is 487 g/mol. The van der Waals surface area contributed by atoms with Gasteiger partial charge in [-0.1, -0.05) is 26.3 Å². The van der Waals surface area contributed by atoms with Gasteiger partial charge < -0.3 is 24.3 Å². The van der Waals surface area contributed by atoms with Crippen LogP contribution in [0.25, 0.3) is 0 Å². The molecule has 3 rings (SSSR count). The summed E-state index contributed by atoms with van der Waals surface area (Å²) in [7, 11) is 1.64. The molecule has 0 aliphatic carbocycles. The van der Waals surface area contributed by atoms with Crippen molar-refractivity contribution in [1.82, 2.24) is 14.9 Å². The second-order valence-electron chi connectivity index (χ2n) is 9.26. The van der Waals surface area contributed by atoms with Crippen LogP contribution in [-0.2, 0) is 9.47 Å². The monoisotopic (exact) mass is 486 g/mol. The van der Waals surface area contributed by atoms with Crippen LogP contribution in [0.2, 0.25) is 0 Å². The van der Waals surface area contributed by atoms with E-state index in [2.05, 4.69) is 40.1 Å². The second-order valence-corrected chi connectivity index (χ2v) is 9.26. The fraction of sp³-hybridized carbons (Fsp3) is 0.630. The molecule has 35 heavy (non-hydrogen) atoms. The van der Waals surface area contributed by atoms with Crippen LogP contribution in [0.4, 0.5) is 5.82 Å². The van der Waals surface area contributed by atoms with Crippen LogP contribution in [0, 0.1) is 12.8 Å². The number of aryl methyl sites for hydroxylation is 1. The number of hydrogen-bond acceptors (Lipinski definition) is 8. The van der Waals surface area contributed by atoms with Crippen LogP contribution in [0.15, 0.2) is 36.9 Å². The van der Waals surface area contributed by atoms with Crippen LogP contribution in [0.3, 0.4) is 0 Å². The molecule has 2 aliphatic heterocycles. The summed E-state index contributed by atoms with van der Waals surface area (Å²) in [6, 6.07) is 3.73. The van der Waals surface area contributed by atoms with E-state index in [1.165, 1.54) is 6.33 Å². The van der Waals surface area contributed by atoms with E-state index >= 15 is 0 Å². The number of methoxy groups -OCH3 is 1. The van der Waals surface area contributed by atoms with Crippen molar-refractivity contribution in [2.75, 3.05) is 51.9 Å². The van der Waals surface area contributed by atoms with Crippen LogP contribution in [-0.4, -0.2) is 73.6 Å². The zero-order valence-electron chi connectivity index (χ0n) is 21.7. The molecule has 1 N–H and O–H groups in total. The van der Waals surface area contributed by atoms with E-state index in [9.17, 15) is 0 Å². The maximum atomic E-state index is 6.23. The Balaban J connectivity index is 1.72. The number of hydrogen-bond donors (Lipinski definition) is 1. The molecular formula is C27H42N4O4. The highest BCUT2D eigenvalue weighted by Crippen LogP contribution is 2.27. The van der Waals surface area contributed by atoms with Gasteiger partial charge in [0, 0.05) is 45.1 Å². The molecule has 2 saturated heterocycles. The Bertz CT molecular complexity index is 859. The molecule has 8 nitrogen and oxygen atoms in total. The first-order valence-corrected chi connectivity index (χ1v) is 12.8. The third-order valence-electron chi connectivity index (χ3n) is 6.38. The molecule has 2 fully saturated rings. The van der Waals surface area contributed by atoms with Crippen molar-refractivity contribution in [3.8, 4) is 11.5 Å². The maximum Gasteiger partial charge on any atom is 0.162 e. The first kappa shape index (κ1) is 27.2. The largest absolute Gasteiger partial charge is 0.493 e. The van der Waals surface area contributed by atoms with Gasteiger partial charge in [-0.05, 0) is 49.9 Å². The summed E-state index contributed by atoms with van der Waals surface area (Å²) in [4.78, 5) is 11.2. The van der Waals surface area contributed by atoms with E-state index in [4.69, 9.17) is 18.9 Å². The molecule has 0 saturated carbocycles. The van der Waals surface area contributed by atoms with Gasteiger partial charge in [-0.15, -0.1) is 0 Å². The lowest BCUT2D eigenvalue weighted by Gasteiger charge is -2.26. The van der Waals surface area contributed by atoms with Gasteiger partial charge in [0.1, 0.15) is 24.9 Å². The Morgan fingerprint density at radius 3 is 2.83 bits per heavy atom. The fourth-order valence-electron chi connectivity index (χ4n) is 4.11. The Labute approximate surface area is 210 Å². The third-order valence-corrected chi connectivity index (χ3v) is 6.38. The van der Waals surface area contributed by atoms with Crippen molar-refractivity contribution in [2.24, 2.45) is 5.92 Å². The smallest absolute Gasteiger partial charge is 0.162 e. The maximum absolute atomic E-state index is 6.23. The van der Waals surface area contributed by atoms with E-state index in [1.807, 2.05) is 19.2 Å². The van der Waals surface area contributed by atoms with Crippen LogP contribution >= 0.6 is 0 Å². The topological polar surface area (TPSA) is 78.0 Å². The molecule has 1 aromatic rings. The zero-order chi connectivity index (χ0) is 24.9. The first-order chi connectivity index (χ1) is 17.1. The summed E-state index contributed by atoms with van der Waals surface area (Å²) < 4.78 is 23.9. The number of allylic oxidation sites excluding steroid dienone is 1. The van der Waals surface area contributed by atoms with Crippen molar-refractivity contribution < 1.29 is 18.9 Å². The number of anilines is 1. The summed E-state index contributed by atoms with van der Waals surface area (Å²) in [6.45, 7) is 11.2. The van der Waals surface area contributed by atoms with E-state index < -0.39 is 0 Å². The lowest BCUT2D eigenvalue weighted by atomic mass is 10.1. The molecule has 2 aliphatic rings. The van der Waals surface area contributed by atoms with E-state index in [0.717, 1.165) is 64.1 Å². The van der Waals surface area contributed by atoms with Crippen LogP contribution in [0.1, 0.15) is 45.1 Å². The highest BCUT2D eigenvalue weighted by Gasteiger charge is 2.24. The molecule has 0 radical (unpaired) electrons. The third kappa shape index (κ3) is 9.28. The predicted molar refractivity (Wildman–Crippen MR) is 138 cm³/mol. The van der Waals surface area contributed by atoms with Gasteiger partial charge in [-0.2, -0.15) is 0 Å². The molecule has 0 amide bonds. The van der Waals surface area contributed by atoms with E-state index in [-0.39, 0.29) is 6.10 Å². The lowest BCUT2D eigenvalue weighted by Crippen LogP contribution is -2.39. The number of nitrogens with one attached hydrogen (secondary N) is 1. The Morgan fingerprint density at radius 1 is 1.23 bits per heavy atom. The van der Waals surface area contributed by atoms with Crippen LogP contribution in [0.5, 0.6) is 11.5 Å². The highest BCUT2D eigenvalue weighted by atomic mass is 16.5. The van der Waals surface area contributed by atoms with Gasteiger partial charge in [0.05, 0.1) is 13.2 Å². The molecule has 3 heterocycles. The quantitative estimate of drug-likeness (QED) is 0.517. The predicted octanol–water partition coefficient (Wildman–Crippen LogP) is 4.54. The molecule has 1 aromatic heterocycles. The Kier molecular flexibility index (Phi) is 11.5. The average Bonchev–Trinajstić information content (AvgIpc) is 3.27. The Morgan fingerprint density at radius 2 is 2.06 bits per heavy atom. The standard InChI is InChI=1S/C27H42N4O4/c1-5-21(2)9-12-29-27-22(3)16-26(32-4)25(10-11-28-20-30-27)35-19-24-18-31(13-7-15-34-24)17-23-8-6-14-33-23/h9-12,16,20-21,23-24H,5-8,13-15,17-19H2,1-4H3,(H,28,29,30)/b12-9+. The van der Waals surface area contributed by atoms with Gasteiger partial charge >= 0.3 is 0 Å². The van der Waals surface area contributed by atoms with E-state index in [1.54, 1.807) is 19.4 Å². The van der Waals surface area contributed by atoms with Gasteiger partial charge in [-0.25, -0.2) is 9.97 Å². The van der Waals surface area contributed by atoms with Gasteiger partial charge in [0.25, 0.3) is 0 Å². The van der Waals surface area contributed by atoms with Crippen molar-refractivity contribution in [2.45, 2.75) is 58.7 Å². The SMILES string of the molecule is CCC(C)/C=C/Nc1ncnccc(OCC2CN(CC3CCCO3)CCCO2)c(OC)cc1C. The Hall–Kier alpha value is -2.42. The van der Waals surface area contributed by atoms with Crippen molar-refractivity contribution >= 4 is 5.82 Å². The fourth-order valence-corrected chi connectivity index (χ4v) is 4.11. The lowest BCUT2D eigenvalue weighted by molar-refractivity contribution is 0.0120. The van der Waals surface area contributed by atoms with Crippen molar-refractivity contribution in [3.05, 3.63) is 42.5 Å². The molecule has 0 spiro atoms. The summed E-state index contributed by atoms with van der Waals surface area (Å²) in [5.41, 5.74) is 0.909. The summed E-state index contributed by atoms with van der Waals surface area (Å²) in [5, 5.41) is 3.27. The molecule has 0 bridgehead atoms. The summed E-state index contributed by atoms with van der Waals surface area (Å²) in [6.07, 6.45) is 12.0. The number of rotatable bonds is 10. The van der Waals surface area contributed by atoms with Crippen molar-refractivity contribution in [3.63, 3.8) is 0 Å². The minimum Gasteiger partial charge on any atom is -0.493 e. The first-order valence-electron chi connectivity index (χ1n) is 12.8. The second kappa shape index (κ2) is 14.9. The van der Waals surface area contributed by atoms with Gasteiger partial charge in [-0.3, -0.25) is 4.90 Å². The molecule has 8 heteroatoms. The highest BCUT2D eigenvalue weighted by molar-refractivity contribution is 5.48. The molecule has 3 unspecified atom stereocenters. The summed E-state index contributed by atoms with van der Waals surface area (Å²) in [5.74, 6) is 2.42. The van der Waals surface area contributed by atoms with Crippen LogP contribution < -0.4 is 14.8 Å². The number of nitrogens with zero attached hydrogens (tertiary/aromatic N) is 3. The molecule has 0 aromatic carbocycles. The molecular weight excluding hydrogens is 444 g/mol. The summed E-state index contributed by atoms with van der Waals surface area (Å²) >= 11 is 0. The van der Waals surface area contributed by atoms with Gasteiger partial charge in [0.2, 0.25) is 0 Å². The number of ether oxygens (including phenoxy) is 4. The van der Waals surface area contributed by atoms with Crippen molar-refractivity contribution in [1.29, 1.82) is 0 Å². The molecule has 3 atom stereocenters. The zero-order valence-corrected chi connectivity index (χ0v) is 21.7.